The molecule has 0 saturated carbocycles. The van der Waals surface area contributed by atoms with E-state index in [4.69, 9.17) is 4.74 Å². The first kappa shape index (κ1) is 21.5. The van der Waals surface area contributed by atoms with E-state index < -0.39 is 18.0 Å². The van der Waals surface area contributed by atoms with Crippen LogP contribution in [0.4, 0.5) is 20.3 Å². The monoisotopic (exact) mass is 397 g/mol. The third-order valence-corrected chi connectivity index (χ3v) is 4.15. The third-order valence-electron chi connectivity index (χ3n) is 4.15. The molecule has 2 heterocycles. The van der Waals surface area contributed by atoms with Crippen LogP contribution in [0.5, 0.6) is 0 Å². The SMILES string of the molecule is CC/C(=N\c1c(C(=O)Nc2cn[nH]c2C(F)F)cnn1C)N(CC)CCOC. The molecule has 2 aromatic rings. The standard InChI is InChI=1S/C17H25F2N7O2/c1-5-13(26(6-2)7-8-28-4)23-16-11(9-21-25(16)3)17(27)22-12-10-20-24-14(12)15(18)19/h9-10,15H,5-8H2,1-4H3,(H,20,24)(H,22,27)/b23-13+. The minimum absolute atomic E-state index is 0.0789. The molecule has 0 bridgehead atoms. The van der Waals surface area contributed by atoms with Crippen LogP contribution in [0, 0.1) is 0 Å². The highest BCUT2D eigenvalue weighted by atomic mass is 19.3. The van der Waals surface area contributed by atoms with E-state index in [1.54, 1.807) is 14.2 Å². The molecule has 0 unspecified atom stereocenters. The topological polar surface area (TPSA) is 100 Å². The maximum Gasteiger partial charge on any atom is 0.281 e. The van der Waals surface area contributed by atoms with Crippen LogP contribution in [-0.4, -0.2) is 63.4 Å². The molecular weight excluding hydrogens is 372 g/mol. The largest absolute Gasteiger partial charge is 0.383 e. The lowest BCUT2D eigenvalue weighted by molar-refractivity contribution is 0.102. The molecule has 0 aromatic carbocycles. The summed E-state index contributed by atoms with van der Waals surface area (Å²) in [4.78, 5) is 19.3. The number of amidine groups is 1. The van der Waals surface area contributed by atoms with Crippen molar-refractivity contribution in [2.75, 3.05) is 32.1 Å². The molecule has 2 N–H and O–H groups in total. The minimum atomic E-state index is -2.78. The Hall–Kier alpha value is -2.82. The number of hydrogen-bond donors (Lipinski definition) is 2. The first-order valence-corrected chi connectivity index (χ1v) is 8.89. The second-order valence-corrected chi connectivity index (χ2v) is 5.91. The van der Waals surface area contributed by atoms with Crippen molar-refractivity contribution >= 4 is 23.2 Å². The molecule has 0 atom stereocenters. The summed E-state index contributed by atoms with van der Waals surface area (Å²) in [5, 5.41) is 12.3. The lowest BCUT2D eigenvalue weighted by Gasteiger charge is -2.23. The Labute approximate surface area is 161 Å². The van der Waals surface area contributed by atoms with E-state index in [0.717, 1.165) is 18.6 Å². The zero-order chi connectivity index (χ0) is 20.7. The summed E-state index contributed by atoms with van der Waals surface area (Å²) in [5.41, 5.74) is -0.351. The number of rotatable bonds is 9. The van der Waals surface area contributed by atoms with Gasteiger partial charge in [0.2, 0.25) is 0 Å². The number of hydrogen-bond acceptors (Lipinski definition) is 5. The molecule has 28 heavy (non-hydrogen) atoms. The average molecular weight is 397 g/mol. The second kappa shape index (κ2) is 9.93. The first-order valence-electron chi connectivity index (χ1n) is 8.89. The van der Waals surface area contributed by atoms with Crippen molar-refractivity contribution in [3.05, 3.63) is 23.7 Å². The Morgan fingerprint density at radius 1 is 1.43 bits per heavy atom. The molecular formula is C17H25F2N7O2. The minimum Gasteiger partial charge on any atom is -0.383 e. The van der Waals surface area contributed by atoms with Crippen LogP contribution in [0.15, 0.2) is 17.4 Å². The zero-order valence-corrected chi connectivity index (χ0v) is 16.4. The first-order chi connectivity index (χ1) is 13.4. The van der Waals surface area contributed by atoms with Gasteiger partial charge in [-0.2, -0.15) is 10.2 Å². The Morgan fingerprint density at radius 2 is 2.18 bits per heavy atom. The van der Waals surface area contributed by atoms with Crippen LogP contribution in [0.3, 0.4) is 0 Å². The van der Waals surface area contributed by atoms with Gasteiger partial charge in [0.25, 0.3) is 12.3 Å². The number of ether oxygens (including phenoxy) is 1. The molecule has 2 aromatic heterocycles. The van der Waals surface area contributed by atoms with Gasteiger partial charge in [-0.3, -0.25) is 14.6 Å². The Bertz CT molecular complexity index is 816. The fourth-order valence-electron chi connectivity index (χ4n) is 2.64. The number of nitrogens with zero attached hydrogens (tertiary/aromatic N) is 5. The summed E-state index contributed by atoms with van der Waals surface area (Å²) in [7, 11) is 3.29. The number of carbonyl (C=O) groups is 1. The summed E-state index contributed by atoms with van der Waals surface area (Å²) in [6.07, 6.45) is 0.352. The van der Waals surface area contributed by atoms with Gasteiger partial charge in [-0.25, -0.2) is 13.8 Å². The van der Waals surface area contributed by atoms with Crippen LogP contribution in [0.2, 0.25) is 0 Å². The average Bonchev–Trinajstić information content (AvgIpc) is 3.28. The van der Waals surface area contributed by atoms with Gasteiger partial charge in [-0.15, -0.1) is 0 Å². The number of anilines is 1. The summed E-state index contributed by atoms with van der Waals surface area (Å²) in [6.45, 7) is 5.89. The number of amides is 1. The fraction of sp³-hybridized carbons (Fsp3) is 0.529. The molecule has 9 nitrogen and oxygen atoms in total. The molecule has 154 valence electrons. The highest BCUT2D eigenvalue weighted by Crippen LogP contribution is 2.26. The summed E-state index contributed by atoms with van der Waals surface area (Å²) < 4.78 is 32.5. The van der Waals surface area contributed by atoms with Gasteiger partial charge in [-0.05, 0) is 6.92 Å². The third kappa shape index (κ3) is 4.91. The van der Waals surface area contributed by atoms with E-state index in [0.29, 0.717) is 25.4 Å². The molecule has 0 aliphatic heterocycles. The van der Waals surface area contributed by atoms with E-state index in [-0.39, 0.29) is 11.3 Å². The quantitative estimate of drug-likeness (QED) is 0.501. The van der Waals surface area contributed by atoms with Crippen molar-refractivity contribution in [1.29, 1.82) is 0 Å². The molecule has 2 rings (SSSR count). The normalized spacial score (nSPS) is 11.9. The Morgan fingerprint density at radius 3 is 2.79 bits per heavy atom. The Kier molecular flexibility index (Phi) is 7.61. The van der Waals surface area contributed by atoms with Crippen molar-refractivity contribution in [2.45, 2.75) is 26.7 Å². The van der Waals surface area contributed by atoms with Gasteiger partial charge in [0.15, 0.2) is 5.82 Å². The van der Waals surface area contributed by atoms with E-state index >= 15 is 0 Å². The van der Waals surface area contributed by atoms with E-state index in [1.807, 2.05) is 18.7 Å². The predicted octanol–water partition coefficient (Wildman–Crippen LogP) is 2.74. The maximum atomic E-state index is 13.0. The van der Waals surface area contributed by atoms with E-state index in [9.17, 15) is 13.6 Å². The molecule has 0 aliphatic rings. The van der Waals surface area contributed by atoms with Crippen molar-refractivity contribution in [3.8, 4) is 0 Å². The predicted molar refractivity (Wildman–Crippen MR) is 101 cm³/mol. The van der Waals surface area contributed by atoms with Gasteiger partial charge < -0.3 is 15.0 Å². The van der Waals surface area contributed by atoms with Crippen LogP contribution in [0.1, 0.15) is 42.7 Å². The maximum absolute atomic E-state index is 13.0. The second-order valence-electron chi connectivity index (χ2n) is 5.91. The number of aryl methyl sites for hydroxylation is 1. The summed E-state index contributed by atoms with van der Waals surface area (Å²) >= 11 is 0. The molecule has 0 radical (unpaired) electrons. The number of aromatic nitrogens is 4. The number of aliphatic imine (C=N–C) groups is 1. The highest BCUT2D eigenvalue weighted by molar-refractivity contribution is 6.07. The van der Waals surface area contributed by atoms with Crippen LogP contribution in [-0.2, 0) is 11.8 Å². The lowest BCUT2D eigenvalue weighted by atomic mass is 10.2. The number of aromatic amines is 1. The number of alkyl halides is 2. The number of halogens is 2. The summed E-state index contributed by atoms with van der Waals surface area (Å²) in [6, 6.07) is 0. The van der Waals surface area contributed by atoms with Crippen molar-refractivity contribution in [2.24, 2.45) is 12.0 Å². The zero-order valence-electron chi connectivity index (χ0n) is 16.4. The molecule has 1 amide bonds. The molecule has 0 spiro atoms. The summed E-state index contributed by atoms with van der Waals surface area (Å²) in [5.74, 6) is 0.520. The number of carbonyl (C=O) groups excluding carboxylic acids is 1. The van der Waals surface area contributed by atoms with E-state index in [2.05, 4.69) is 25.6 Å². The van der Waals surface area contributed by atoms with Gasteiger partial charge >= 0.3 is 0 Å². The van der Waals surface area contributed by atoms with Gasteiger partial charge in [0.1, 0.15) is 17.1 Å². The van der Waals surface area contributed by atoms with Gasteiger partial charge in [0.05, 0.1) is 24.7 Å². The van der Waals surface area contributed by atoms with Crippen LogP contribution in [0.25, 0.3) is 0 Å². The molecule has 0 saturated heterocycles. The molecule has 0 fully saturated rings. The van der Waals surface area contributed by atoms with Crippen molar-refractivity contribution in [1.82, 2.24) is 24.9 Å². The highest BCUT2D eigenvalue weighted by Gasteiger charge is 2.21. The fourth-order valence-corrected chi connectivity index (χ4v) is 2.64. The number of H-pyrrole nitrogens is 1. The van der Waals surface area contributed by atoms with Crippen LogP contribution < -0.4 is 5.32 Å². The molecule has 11 heteroatoms. The molecule has 0 aliphatic carbocycles. The van der Waals surface area contributed by atoms with Gasteiger partial charge in [-0.1, -0.05) is 6.92 Å². The lowest BCUT2D eigenvalue weighted by Crippen LogP contribution is -2.33. The van der Waals surface area contributed by atoms with Crippen molar-refractivity contribution < 1.29 is 18.3 Å². The smallest absolute Gasteiger partial charge is 0.281 e. The number of nitrogens with one attached hydrogen (secondary N) is 2. The number of methoxy groups -OCH3 is 1. The van der Waals surface area contributed by atoms with Gasteiger partial charge in [0, 0.05) is 33.7 Å². The van der Waals surface area contributed by atoms with Crippen molar-refractivity contribution in [3.63, 3.8) is 0 Å². The van der Waals surface area contributed by atoms with E-state index in [1.165, 1.54) is 10.9 Å². The Balaban J connectivity index is 2.31. The number of likely N-dealkylation sites (N-methyl/N-ethyl adjacent to an activating group) is 1. The van der Waals surface area contributed by atoms with Crippen LogP contribution >= 0.6 is 0 Å².